The van der Waals surface area contributed by atoms with Crippen LogP contribution in [0.15, 0.2) is 6.07 Å². The van der Waals surface area contributed by atoms with Crippen molar-refractivity contribution in [2.24, 2.45) is 5.41 Å². The minimum atomic E-state index is 0.597. The van der Waals surface area contributed by atoms with Gasteiger partial charge in [0, 0.05) is 15.8 Å². The predicted molar refractivity (Wildman–Crippen MR) is 72.3 cm³/mol. The molecule has 0 bridgehead atoms. The van der Waals surface area contributed by atoms with E-state index in [1.54, 1.807) is 0 Å². The summed E-state index contributed by atoms with van der Waals surface area (Å²) in [5, 5.41) is 3.67. The van der Waals surface area contributed by atoms with Crippen molar-refractivity contribution in [3.63, 3.8) is 0 Å². The maximum absolute atomic E-state index is 3.67. The Hall–Kier alpha value is -0.340. The summed E-state index contributed by atoms with van der Waals surface area (Å²) < 4.78 is 0. The van der Waals surface area contributed by atoms with Crippen molar-refractivity contribution in [2.75, 3.05) is 6.54 Å². The Kier molecular flexibility index (Phi) is 3.41. The first kappa shape index (κ1) is 12.1. The quantitative estimate of drug-likeness (QED) is 0.823. The molecule has 2 heteroatoms. The lowest BCUT2D eigenvalue weighted by Gasteiger charge is -2.20. The first-order valence-electron chi connectivity index (χ1n) is 6.30. The Labute approximate surface area is 103 Å². The first-order chi connectivity index (χ1) is 7.51. The largest absolute Gasteiger partial charge is 0.313 e. The molecule has 1 fully saturated rings. The van der Waals surface area contributed by atoms with Crippen LogP contribution in [0.25, 0.3) is 0 Å². The Morgan fingerprint density at radius 1 is 1.44 bits per heavy atom. The van der Waals surface area contributed by atoms with Crippen molar-refractivity contribution in [3.8, 4) is 0 Å². The second kappa shape index (κ2) is 4.50. The summed E-state index contributed by atoms with van der Waals surface area (Å²) in [5.41, 5.74) is 2.13. The van der Waals surface area contributed by atoms with Crippen LogP contribution in [0.5, 0.6) is 0 Å². The Morgan fingerprint density at radius 3 is 2.62 bits per heavy atom. The Morgan fingerprint density at radius 2 is 2.12 bits per heavy atom. The molecular weight excluding hydrogens is 214 g/mol. The molecule has 2 rings (SSSR count). The first-order valence-corrected chi connectivity index (χ1v) is 7.12. The third kappa shape index (κ3) is 2.67. The van der Waals surface area contributed by atoms with Gasteiger partial charge < -0.3 is 5.32 Å². The summed E-state index contributed by atoms with van der Waals surface area (Å²) >= 11 is 1.92. The number of hydrogen-bond acceptors (Lipinski definition) is 2. The molecule has 1 aromatic rings. The topological polar surface area (TPSA) is 12.0 Å². The van der Waals surface area contributed by atoms with Crippen molar-refractivity contribution >= 4 is 11.3 Å². The molecule has 0 amide bonds. The maximum atomic E-state index is 3.67. The van der Waals surface area contributed by atoms with Crippen LogP contribution in [-0.2, 0) is 6.42 Å². The van der Waals surface area contributed by atoms with E-state index in [1.807, 2.05) is 11.3 Å². The fraction of sp³-hybridized carbons (Fsp3) is 0.714. The molecule has 0 aliphatic heterocycles. The summed E-state index contributed by atoms with van der Waals surface area (Å²) in [5.74, 6) is 0. The van der Waals surface area contributed by atoms with E-state index in [0.717, 1.165) is 6.54 Å². The van der Waals surface area contributed by atoms with Crippen LogP contribution in [0.4, 0.5) is 0 Å². The van der Waals surface area contributed by atoms with Gasteiger partial charge in [0.2, 0.25) is 0 Å². The second-order valence-corrected chi connectivity index (χ2v) is 6.98. The molecule has 1 aliphatic rings. The van der Waals surface area contributed by atoms with Gasteiger partial charge in [-0.25, -0.2) is 0 Å². The van der Waals surface area contributed by atoms with Crippen molar-refractivity contribution in [1.82, 2.24) is 5.32 Å². The normalized spacial score (nSPS) is 19.8. The van der Waals surface area contributed by atoms with Crippen LogP contribution in [0, 0.1) is 19.3 Å². The summed E-state index contributed by atoms with van der Waals surface area (Å²) in [6.07, 6.45) is 3.98. The average Bonchev–Trinajstić information content (AvgIpc) is 2.88. The Bertz CT molecular complexity index is 363. The molecule has 16 heavy (non-hydrogen) atoms. The molecule has 1 aromatic heterocycles. The number of aryl methyl sites for hydroxylation is 2. The summed E-state index contributed by atoms with van der Waals surface area (Å²) in [6.45, 7) is 10.3. The van der Waals surface area contributed by atoms with Gasteiger partial charge >= 0.3 is 0 Å². The SMILES string of the molecule is Cc1cc(CCNC(C)C2(C)CC2)c(C)s1. The van der Waals surface area contributed by atoms with Gasteiger partial charge in [-0.3, -0.25) is 0 Å². The number of nitrogens with one attached hydrogen (secondary N) is 1. The highest BCUT2D eigenvalue weighted by Gasteiger charge is 2.41. The number of thiophene rings is 1. The van der Waals surface area contributed by atoms with Gasteiger partial charge in [0.05, 0.1) is 0 Å². The molecule has 1 unspecified atom stereocenters. The second-order valence-electron chi connectivity index (χ2n) is 5.52. The van der Waals surface area contributed by atoms with E-state index >= 15 is 0 Å². The predicted octanol–water partition coefficient (Wildman–Crippen LogP) is 3.69. The van der Waals surface area contributed by atoms with Gasteiger partial charge in [-0.1, -0.05) is 6.92 Å². The highest BCUT2D eigenvalue weighted by molar-refractivity contribution is 7.12. The van der Waals surface area contributed by atoms with Crippen molar-refractivity contribution in [2.45, 2.75) is 53.0 Å². The van der Waals surface area contributed by atoms with Crippen LogP contribution in [0.1, 0.15) is 42.0 Å². The molecule has 0 radical (unpaired) electrons. The molecule has 1 aliphatic carbocycles. The van der Waals surface area contributed by atoms with Gasteiger partial charge in [-0.2, -0.15) is 0 Å². The molecule has 0 spiro atoms. The lowest BCUT2D eigenvalue weighted by atomic mass is 10.0. The summed E-state index contributed by atoms with van der Waals surface area (Å²) in [4.78, 5) is 2.93. The fourth-order valence-corrected chi connectivity index (χ4v) is 3.21. The van der Waals surface area contributed by atoms with E-state index in [9.17, 15) is 0 Å². The fourth-order valence-electron chi connectivity index (χ4n) is 2.23. The molecule has 1 heterocycles. The molecular formula is C14H23NS. The van der Waals surface area contributed by atoms with Crippen LogP contribution in [0.3, 0.4) is 0 Å². The zero-order chi connectivity index (χ0) is 11.8. The lowest BCUT2D eigenvalue weighted by molar-refractivity contribution is 0.383. The highest BCUT2D eigenvalue weighted by atomic mass is 32.1. The number of rotatable bonds is 5. The minimum absolute atomic E-state index is 0.597. The van der Waals surface area contributed by atoms with Gasteiger partial charge in [-0.15, -0.1) is 11.3 Å². The van der Waals surface area contributed by atoms with Gasteiger partial charge in [0.15, 0.2) is 0 Å². The van der Waals surface area contributed by atoms with E-state index in [-0.39, 0.29) is 0 Å². The van der Waals surface area contributed by atoms with Crippen molar-refractivity contribution < 1.29 is 0 Å². The molecule has 1 atom stereocenters. The molecule has 1 N–H and O–H groups in total. The van der Waals surface area contributed by atoms with Gasteiger partial charge in [0.1, 0.15) is 0 Å². The summed E-state index contributed by atoms with van der Waals surface area (Å²) in [6, 6.07) is 3.01. The molecule has 0 saturated heterocycles. The molecule has 1 saturated carbocycles. The lowest BCUT2D eigenvalue weighted by Crippen LogP contribution is -2.34. The van der Waals surface area contributed by atoms with Crippen LogP contribution >= 0.6 is 11.3 Å². The van der Waals surface area contributed by atoms with Crippen LogP contribution < -0.4 is 5.32 Å². The van der Waals surface area contributed by atoms with Crippen LogP contribution in [0.2, 0.25) is 0 Å². The van der Waals surface area contributed by atoms with Gasteiger partial charge in [0.25, 0.3) is 0 Å². The summed E-state index contributed by atoms with van der Waals surface area (Å²) in [7, 11) is 0. The van der Waals surface area contributed by atoms with E-state index in [1.165, 1.54) is 34.6 Å². The Balaban J connectivity index is 1.77. The standard InChI is InChI=1S/C14H23NS/c1-10-9-13(11(2)16-10)5-8-15-12(3)14(4)6-7-14/h9,12,15H,5-8H2,1-4H3. The molecule has 1 nitrogen and oxygen atoms in total. The van der Waals surface area contributed by atoms with Gasteiger partial charge in [-0.05, 0) is 63.6 Å². The maximum Gasteiger partial charge on any atom is 0.00926 e. The zero-order valence-electron chi connectivity index (χ0n) is 10.9. The average molecular weight is 237 g/mol. The van der Waals surface area contributed by atoms with E-state index in [2.05, 4.69) is 39.1 Å². The highest BCUT2D eigenvalue weighted by Crippen LogP contribution is 2.47. The number of hydrogen-bond donors (Lipinski definition) is 1. The zero-order valence-corrected chi connectivity index (χ0v) is 11.7. The van der Waals surface area contributed by atoms with Crippen LogP contribution in [-0.4, -0.2) is 12.6 Å². The smallest absolute Gasteiger partial charge is 0.00926 e. The van der Waals surface area contributed by atoms with E-state index in [4.69, 9.17) is 0 Å². The third-order valence-electron chi connectivity index (χ3n) is 4.07. The van der Waals surface area contributed by atoms with E-state index < -0.39 is 0 Å². The van der Waals surface area contributed by atoms with Crippen molar-refractivity contribution in [1.29, 1.82) is 0 Å². The minimum Gasteiger partial charge on any atom is -0.313 e. The van der Waals surface area contributed by atoms with E-state index in [0.29, 0.717) is 11.5 Å². The molecule has 0 aromatic carbocycles. The third-order valence-corrected chi connectivity index (χ3v) is 5.08. The van der Waals surface area contributed by atoms with Crippen molar-refractivity contribution in [3.05, 3.63) is 21.4 Å². The molecule has 90 valence electrons. The monoisotopic (exact) mass is 237 g/mol.